The van der Waals surface area contributed by atoms with E-state index in [1.807, 2.05) is 0 Å². The van der Waals surface area contributed by atoms with Gasteiger partial charge in [0.1, 0.15) is 5.78 Å². The topological polar surface area (TPSA) is 54.4 Å². The minimum Gasteiger partial charge on any atom is -0.481 e. The van der Waals surface area contributed by atoms with E-state index in [0.717, 1.165) is 25.2 Å². The fourth-order valence-electron chi connectivity index (χ4n) is 10.2. The van der Waals surface area contributed by atoms with Crippen LogP contribution in [0, 0.1) is 50.2 Å². The molecule has 3 nitrogen and oxygen atoms in total. The predicted molar refractivity (Wildman–Crippen MR) is 129 cm³/mol. The van der Waals surface area contributed by atoms with E-state index in [2.05, 4.69) is 48.5 Å². The van der Waals surface area contributed by atoms with Crippen molar-refractivity contribution in [2.24, 2.45) is 50.2 Å². The van der Waals surface area contributed by atoms with Gasteiger partial charge in [0.05, 0.1) is 0 Å². The van der Waals surface area contributed by atoms with Gasteiger partial charge in [-0.2, -0.15) is 0 Å². The van der Waals surface area contributed by atoms with Crippen molar-refractivity contribution in [3.05, 3.63) is 0 Å². The average Bonchev–Trinajstić information content (AvgIpc) is 2.68. The van der Waals surface area contributed by atoms with Crippen LogP contribution in [0.15, 0.2) is 0 Å². The minimum atomic E-state index is -0.743. The van der Waals surface area contributed by atoms with Crippen LogP contribution in [0.4, 0.5) is 0 Å². The van der Waals surface area contributed by atoms with E-state index >= 15 is 0 Å². The maximum absolute atomic E-state index is 12.9. The Balaban J connectivity index is 1.78. The number of rotatable bonds is 3. The molecule has 4 rings (SSSR count). The Bertz CT molecular complexity index is 815. The van der Waals surface area contributed by atoms with Gasteiger partial charge in [0.25, 0.3) is 0 Å². The zero-order chi connectivity index (χ0) is 24.0. The zero-order valence-corrected chi connectivity index (χ0v) is 22.1. The summed E-state index contributed by atoms with van der Waals surface area (Å²) in [5, 5.41) is 9.87. The first-order valence-corrected chi connectivity index (χ1v) is 13.3. The summed E-state index contributed by atoms with van der Waals surface area (Å²) in [6.07, 6.45) is 10.9. The quantitative estimate of drug-likeness (QED) is 0.489. The standard InChI is InChI=1S/C29H48O3/c1-19(30)26(5)10-9-20-27(6,21(26)17-23(31)32)14-16-29(8)22-18-24(2,3)11-12-25(22,4)13-15-28(20,29)7/h20-22H,9-18H2,1-8H3,(H,31,32)/t20-,21+,22+,25+,26+,27+,28+,29-/m0/s1. The first-order valence-electron chi connectivity index (χ1n) is 13.3. The third kappa shape index (κ3) is 3.11. The van der Waals surface area contributed by atoms with Crippen molar-refractivity contribution in [3.63, 3.8) is 0 Å². The lowest BCUT2D eigenvalue weighted by atomic mass is 9.31. The van der Waals surface area contributed by atoms with Crippen LogP contribution < -0.4 is 0 Å². The molecule has 3 heteroatoms. The first kappa shape index (κ1) is 24.3. The van der Waals surface area contributed by atoms with E-state index in [9.17, 15) is 14.7 Å². The van der Waals surface area contributed by atoms with Crippen molar-refractivity contribution in [3.8, 4) is 0 Å². The fraction of sp³-hybridized carbons (Fsp3) is 0.931. The third-order valence-corrected chi connectivity index (χ3v) is 12.7. The molecule has 0 aliphatic heterocycles. The minimum absolute atomic E-state index is 0.0683. The molecule has 8 atom stereocenters. The van der Waals surface area contributed by atoms with Crippen LogP contribution in [0.25, 0.3) is 0 Å². The van der Waals surface area contributed by atoms with Crippen LogP contribution >= 0.6 is 0 Å². The second-order valence-corrected chi connectivity index (χ2v) is 14.6. The summed E-state index contributed by atoms with van der Waals surface area (Å²) < 4.78 is 0. The third-order valence-electron chi connectivity index (χ3n) is 12.7. The van der Waals surface area contributed by atoms with Gasteiger partial charge in [-0.3, -0.25) is 9.59 Å². The average molecular weight is 445 g/mol. The van der Waals surface area contributed by atoms with E-state index in [0.29, 0.717) is 22.2 Å². The molecule has 0 aromatic carbocycles. The molecule has 0 radical (unpaired) electrons. The number of carboxylic acid groups (broad SMARTS) is 1. The highest BCUT2D eigenvalue weighted by atomic mass is 16.4. The molecule has 0 saturated heterocycles. The van der Waals surface area contributed by atoms with E-state index in [-0.39, 0.29) is 29.0 Å². The number of carboxylic acids is 1. The molecule has 1 N–H and O–H groups in total. The summed E-state index contributed by atoms with van der Waals surface area (Å²) in [5.41, 5.74) is 0.775. The molecular weight excluding hydrogens is 396 g/mol. The van der Waals surface area contributed by atoms with Crippen LogP contribution in [-0.4, -0.2) is 16.9 Å². The van der Waals surface area contributed by atoms with Crippen molar-refractivity contribution in [1.82, 2.24) is 0 Å². The van der Waals surface area contributed by atoms with Crippen molar-refractivity contribution >= 4 is 11.8 Å². The molecule has 0 spiro atoms. The Labute approximate surface area is 196 Å². The van der Waals surface area contributed by atoms with Crippen LogP contribution in [-0.2, 0) is 9.59 Å². The second-order valence-electron chi connectivity index (χ2n) is 14.6. The van der Waals surface area contributed by atoms with Gasteiger partial charge in [0, 0.05) is 11.8 Å². The van der Waals surface area contributed by atoms with E-state index in [1.165, 1.54) is 38.5 Å². The molecule has 0 amide bonds. The molecule has 182 valence electrons. The normalized spacial score (nSPS) is 52.3. The van der Waals surface area contributed by atoms with Crippen LogP contribution in [0.1, 0.15) is 120 Å². The van der Waals surface area contributed by atoms with Crippen molar-refractivity contribution in [2.75, 3.05) is 0 Å². The van der Waals surface area contributed by atoms with Gasteiger partial charge in [0.15, 0.2) is 0 Å². The van der Waals surface area contributed by atoms with E-state index in [1.54, 1.807) is 6.92 Å². The number of fused-ring (bicyclic) bond motifs is 5. The molecular formula is C29H48O3. The lowest BCUT2D eigenvalue weighted by Crippen LogP contribution is -2.67. The van der Waals surface area contributed by atoms with E-state index < -0.39 is 11.4 Å². The number of aliphatic carboxylic acids is 1. The Morgan fingerprint density at radius 1 is 0.781 bits per heavy atom. The smallest absolute Gasteiger partial charge is 0.303 e. The van der Waals surface area contributed by atoms with Crippen molar-refractivity contribution < 1.29 is 14.7 Å². The van der Waals surface area contributed by atoms with Gasteiger partial charge in [-0.15, -0.1) is 0 Å². The van der Waals surface area contributed by atoms with Gasteiger partial charge in [-0.25, -0.2) is 0 Å². The van der Waals surface area contributed by atoms with Gasteiger partial charge in [-0.1, -0.05) is 48.5 Å². The highest BCUT2D eigenvalue weighted by Crippen LogP contribution is 2.77. The molecule has 0 aromatic heterocycles. The Morgan fingerprint density at radius 3 is 1.94 bits per heavy atom. The monoisotopic (exact) mass is 444 g/mol. The molecule has 0 aromatic rings. The summed E-state index contributed by atoms with van der Waals surface area (Å²) in [4.78, 5) is 24.9. The SMILES string of the molecule is CC(=O)[C@@]1(C)CC[C@H]2[C@@](C)(CC[C@@]3(C)[C@@H]4CC(C)(C)CC[C@]4(C)CC[C@]23C)[C@@H]1CC(=O)O. The Hall–Kier alpha value is -0.860. The number of carbonyl (C=O) groups is 2. The number of hydrogen-bond donors (Lipinski definition) is 1. The highest BCUT2D eigenvalue weighted by Gasteiger charge is 2.70. The highest BCUT2D eigenvalue weighted by molar-refractivity contribution is 5.83. The molecule has 4 fully saturated rings. The van der Waals surface area contributed by atoms with E-state index in [4.69, 9.17) is 0 Å². The fourth-order valence-corrected chi connectivity index (χ4v) is 10.2. The molecule has 32 heavy (non-hydrogen) atoms. The summed E-state index contributed by atoms with van der Waals surface area (Å²) in [5.74, 6) is 0.614. The summed E-state index contributed by atoms with van der Waals surface area (Å²) >= 11 is 0. The number of carbonyl (C=O) groups excluding carboxylic acids is 1. The van der Waals surface area contributed by atoms with Gasteiger partial charge in [-0.05, 0) is 110 Å². The molecule has 0 heterocycles. The van der Waals surface area contributed by atoms with Crippen molar-refractivity contribution in [1.29, 1.82) is 0 Å². The lowest BCUT2D eigenvalue weighted by Gasteiger charge is -2.74. The Morgan fingerprint density at radius 2 is 1.34 bits per heavy atom. The number of Topliss-reactive ketones (excluding diaryl/α,β-unsaturated/α-hetero) is 1. The van der Waals surface area contributed by atoms with Crippen LogP contribution in [0.2, 0.25) is 0 Å². The van der Waals surface area contributed by atoms with Crippen LogP contribution in [0.5, 0.6) is 0 Å². The molecule has 0 unspecified atom stereocenters. The second kappa shape index (κ2) is 7.08. The zero-order valence-electron chi connectivity index (χ0n) is 22.1. The van der Waals surface area contributed by atoms with Gasteiger partial charge < -0.3 is 5.11 Å². The summed E-state index contributed by atoms with van der Waals surface area (Å²) in [6.45, 7) is 18.8. The maximum atomic E-state index is 12.9. The maximum Gasteiger partial charge on any atom is 0.303 e. The molecule has 4 aliphatic carbocycles. The predicted octanol–water partition coefficient (Wildman–Crippen LogP) is 7.52. The molecule has 4 saturated carbocycles. The van der Waals surface area contributed by atoms with Crippen molar-refractivity contribution in [2.45, 2.75) is 120 Å². The lowest BCUT2D eigenvalue weighted by molar-refractivity contribution is -0.249. The molecule has 4 aliphatic rings. The van der Waals surface area contributed by atoms with Gasteiger partial charge >= 0.3 is 5.97 Å². The van der Waals surface area contributed by atoms with Crippen LogP contribution in [0.3, 0.4) is 0 Å². The first-order chi connectivity index (χ1) is 14.5. The number of hydrogen-bond acceptors (Lipinski definition) is 2. The van der Waals surface area contributed by atoms with Gasteiger partial charge in [0.2, 0.25) is 0 Å². The summed E-state index contributed by atoms with van der Waals surface area (Å²) in [6, 6.07) is 0. The Kier molecular flexibility index (Phi) is 5.37. The number of ketones is 1. The summed E-state index contributed by atoms with van der Waals surface area (Å²) in [7, 11) is 0. The largest absolute Gasteiger partial charge is 0.481 e. The molecule has 0 bridgehead atoms.